The van der Waals surface area contributed by atoms with Gasteiger partial charge in [0.25, 0.3) is 5.91 Å². The summed E-state index contributed by atoms with van der Waals surface area (Å²) in [6, 6.07) is 3.43. The summed E-state index contributed by atoms with van der Waals surface area (Å²) in [7, 11) is 0. The first-order valence-corrected chi connectivity index (χ1v) is 9.43. The Morgan fingerprint density at radius 1 is 1.15 bits per heavy atom. The zero-order valence-corrected chi connectivity index (χ0v) is 15.4. The molecular formula is C19H24N4O4. The zero-order chi connectivity index (χ0) is 19.0. The fourth-order valence-corrected chi connectivity index (χ4v) is 3.93. The highest BCUT2D eigenvalue weighted by Crippen LogP contribution is 2.39. The summed E-state index contributed by atoms with van der Waals surface area (Å²) in [5, 5.41) is 0. The van der Waals surface area contributed by atoms with Gasteiger partial charge in [-0.15, -0.1) is 0 Å². The summed E-state index contributed by atoms with van der Waals surface area (Å²) in [6.07, 6.45) is 4.56. The van der Waals surface area contributed by atoms with Gasteiger partial charge >= 0.3 is 0 Å². The predicted octanol–water partition coefficient (Wildman–Crippen LogP) is 0.203. The van der Waals surface area contributed by atoms with Crippen LogP contribution in [0.15, 0.2) is 24.5 Å². The molecule has 144 valence electrons. The van der Waals surface area contributed by atoms with Crippen LogP contribution in [-0.2, 0) is 19.1 Å². The number of morpholine rings is 1. The van der Waals surface area contributed by atoms with E-state index in [-0.39, 0.29) is 30.4 Å². The minimum atomic E-state index is -0.739. The van der Waals surface area contributed by atoms with Gasteiger partial charge in [-0.2, -0.15) is 0 Å². The van der Waals surface area contributed by atoms with Crippen molar-refractivity contribution in [1.82, 2.24) is 19.7 Å². The topological polar surface area (TPSA) is 83.1 Å². The normalized spacial score (nSPS) is 26.3. The van der Waals surface area contributed by atoms with Gasteiger partial charge in [-0.25, -0.2) is 0 Å². The minimum absolute atomic E-state index is 0.0229. The maximum absolute atomic E-state index is 13.2. The summed E-state index contributed by atoms with van der Waals surface area (Å²) in [6.45, 7) is 3.48. The number of hydrogen-bond acceptors (Lipinski definition) is 5. The summed E-state index contributed by atoms with van der Waals surface area (Å²) < 4.78 is 5.76. The number of pyridine rings is 1. The third kappa shape index (κ3) is 3.53. The van der Waals surface area contributed by atoms with Crippen molar-refractivity contribution in [1.29, 1.82) is 0 Å². The molecule has 2 saturated heterocycles. The first kappa shape index (κ1) is 17.9. The molecule has 2 atom stereocenters. The molecule has 3 amide bonds. The van der Waals surface area contributed by atoms with Crippen LogP contribution in [-0.4, -0.2) is 82.3 Å². The van der Waals surface area contributed by atoms with E-state index < -0.39 is 12.1 Å². The molecule has 0 bridgehead atoms. The predicted molar refractivity (Wildman–Crippen MR) is 95.4 cm³/mol. The van der Waals surface area contributed by atoms with Crippen LogP contribution in [0.3, 0.4) is 0 Å². The lowest BCUT2D eigenvalue weighted by atomic mass is 9.97. The molecule has 1 saturated carbocycles. The number of piperazine rings is 1. The molecule has 1 aromatic rings. The number of hydrogen-bond donors (Lipinski definition) is 0. The van der Waals surface area contributed by atoms with E-state index in [0.29, 0.717) is 26.2 Å². The number of rotatable bonds is 3. The average Bonchev–Trinajstić information content (AvgIpc) is 3.53. The van der Waals surface area contributed by atoms with Crippen molar-refractivity contribution < 1.29 is 19.1 Å². The molecule has 3 fully saturated rings. The van der Waals surface area contributed by atoms with Crippen molar-refractivity contribution in [3.63, 3.8) is 0 Å². The van der Waals surface area contributed by atoms with Crippen LogP contribution < -0.4 is 0 Å². The smallest absolute Gasteiger partial charge is 0.254 e. The van der Waals surface area contributed by atoms with Gasteiger partial charge in [-0.1, -0.05) is 6.07 Å². The lowest BCUT2D eigenvalue weighted by Crippen LogP contribution is -2.58. The summed E-state index contributed by atoms with van der Waals surface area (Å²) >= 11 is 0. The molecule has 1 aromatic heterocycles. The maximum Gasteiger partial charge on any atom is 0.254 e. The highest BCUT2D eigenvalue weighted by atomic mass is 16.5. The van der Waals surface area contributed by atoms with Crippen molar-refractivity contribution in [2.45, 2.75) is 38.0 Å². The highest BCUT2D eigenvalue weighted by molar-refractivity contribution is 5.87. The molecule has 3 heterocycles. The van der Waals surface area contributed by atoms with E-state index in [1.54, 1.807) is 29.1 Å². The van der Waals surface area contributed by atoms with Crippen molar-refractivity contribution in [3.8, 4) is 0 Å². The van der Waals surface area contributed by atoms with Crippen LogP contribution in [0.4, 0.5) is 0 Å². The molecule has 0 unspecified atom stereocenters. The van der Waals surface area contributed by atoms with Crippen LogP contribution in [0.1, 0.15) is 31.4 Å². The Morgan fingerprint density at radius 3 is 2.44 bits per heavy atom. The van der Waals surface area contributed by atoms with E-state index in [2.05, 4.69) is 4.98 Å². The Morgan fingerprint density at radius 2 is 1.85 bits per heavy atom. The van der Waals surface area contributed by atoms with Gasteiger partial charge in [0.2, 0.25) is 11.8 Å². The quantitative estimate of drug-likeness (QED) is 0.757. The van der Waals surface area contributed by atoms with Gasteiger partial charge in [0.15, 0.2) is 6.10 Å². The van der Waals surface area contributed by atoms with Gasteiger partial charge in [0.05, 0.1) is 6.04 Å². The molecule has 8 nitrogen and oxygen atoms in total. The van der Waals surface area contributed by atoms with E-state index in [1.165, 1.54) is 0 Å². The van der Waals surface area contributed by atoms with Gasteiger partial charge in [0, 0.05) is 51.5 Å². The van der Waals surface area contributed by atoms with E-state index in [4.69, 9.17) is 4.74 Å². The van der Waals surface area contributed by atoms with Gasteiger partial charge in [-0.3, -0.25) is 19.4 Å². The Balaban J connectivity index is 1.57. The van der Waals surface area contributed by atoms with E-state index in [1.807, 2.05) is 17.0 Å². The molecule has 2 aliphatic heterocycles. The van der Waals surface area contributed by atoms with E-state index in [9.17, 15) is 14.4 Å². The second-order valence-corrected chi connectivity index (χ2v) is 7.33. The Kier molecular flexibility index (Phi) is 4.82. The molecule has 0 aromatic carbocycles. The fraction of sp³-hybridized carbons (Fsp3) is 0.579. The maximum atomic E-state index is 13.2. The molecule has 27 heavy (non-hydrogen) atoms. The minimum Gasteiger partial charge on any atom is -0.356 e. The number of amides is 3. The Hall–Kier alpha value is -2.48. The zero-order valence-electron chi connectivity index (χ0n) is 15.4. The van der Waals surface area contributed by atoms with Gasteiger partial charge < -0.3 is 19.4 Å². The van der Waals surface area contributed by atoms with Crippen LogP contribution in [0.25, 0.3) is 0 Å². The molecule has 1 aliphatic carbocycles. The second-order valence-electron chi connectivity index (χ2n) is 7.33. The molecule has 0 radical (unpaired) electrons. The third-order valence-electron chi connectivity index (χ3n) is 5.51. The second kappa shape index (κ2) is 7.26. The largest absolute Gasteiger partial charge is 0.356 e. The molecule has 8 heteroatoms. The lowest BCUT2D eigenvalue weighted by Gasteiger charge is -2.43. The lowest BCUT2D eigenvalue weighted by molar-refractivity contribution is -0.171. The number of ether oxygens (including phenoxy) is 1. The van der Waals surface area contributed by atoms with Gasteiger partial charge in [-0.05, 0) is 24.5 Å². The fourth-order valence-electron chi connectivity index (χ4n) is 3.93. The van der Waals surface area contributed by atoms with Crippen LogP contribution in [0.5, 0.6) is 0 Å². The number of carbonyl (C=O) groups is 3. The van der Waals surface area contributed by atoms with Crippen LogP contribution in [0, 0.1) is 0 Å². The van der Waals surface area contributed by atoms with Crippen molar-refractivity contribution >= 4 is 17.7 Å². The van der Waals surface area contributed by atoms with E-state index >= 15 is 0 Å². The van der Waals surface area contributed by atoms with Crippen molar-refractivity contribution in [2.75, 3.05) is 32.8 Å². The number of aromatic nitrogens is 1. The van der Waals surface area contributed by atoms with E-state index in [0.717, 1.165) is 18.4 Å². The van der Waals surface area contributed by atoms with Crippen LogP contribution in [0.2, 0.25) is 0 Å². The van der Waals surface area contributed by atoms with Gasteiger partial charge in [0.1, 0.15) is 6.61 Å². The molecule has 0 spiro atoms. The molecule has 0 N–H and O–H groups in total. The third-order valence-corrected chi connectivity index (χ3v) is 5.51. The number of nitrogens with zero attached hydrogens (tertiary/aromatic N) is 4. The number of carbonyl (C=O) groups excluding carboxylic acids is 3. The SMILES string of the molecule is CC(=O)N1CCN(C(=O)[C@H]2OCC(=O)N(C3CC3)[C@@H]2c2cccnc2)CC1. The standard InChI is InChI=1S/C19H24N4O4/c1-13(24)21-7-9-22(10-8-21)19(26)18-17(14-3-2-6-20-11-14)23(15-4-5-15)16(25)12-27-18/h2-3,6,11,15,17-18H,4-5,7-10,12H2,1H3/t17-,18+/m1/s1. The highest BCUT2D eigenvalue weighted by Gasteiger charge is 2.48. The van der Waals surface area contributed by atoms with Crippen molar-refractivity contribution in [2.24, 2.45) is 0 Å². The van der Waals surface area contributed by atoms with Crippen LogP contribution >= 0.6 is 0 Å². The van der Waals surface area contributed by atoms with Crippen molar-refractivity contribution in [3.05, 3.63) is 30.1 Å². The molecule has 3 aliphatic rings. The first-order valence-electron chi connectivity index (χ1n) is 9.43. The first-order chi connectivity index (χ1) is 13.1. The summed E-state index contributed by atoms with van der Waals surface area (Å²) in [4.78, 5) is 46.8. The molecule has 4 rings (SSSR count). The Labute approximate surface area is 158 Å². The molecular weight excluding hydrogens is 348 g/mol. The summed E-state index contributed by atoms with van der Waals surface area (Å²) in [5.41, 5.74) is 0.818. The Bertz CT molecular complexity index is 728. The average molecular weight is 372 g/mol. The monoisotopic (exact) mass is 372 g/mol. The summed E-state index contributed by atoms with van der Waals surface area (Å²) in [5.74, 6) is -0.170.